The van der Waals surface area contributed by atoms with Crippen molar-refractivity contribution in [2.24, 2.45) is 0 Å². The summed E-state index contributed by atoms with van der Waals surface area (Å²) >= 11 is 0. The minimum Gasteiger partial charge on any atom is -0.383 e. The summed E-state index contributed by atoms with van der Waals surface area (Å²) in [5.74, 6) is 0.358. The van der Waals surface area contributed by atoms with Crippen LogP contribution in [0.2, 0.25) is 0 Å². The van der Waals surface area contributed by atoms with Gasteiger partial charge in [0.2, 0.25) is 5.91 Å². The second kappa shape index (κ2) is 7.19. The van der Waals surface area contributed by atoms with Crippen LogP contribution in [-0.2, 0) is 9.53 Å². The molecule has 0 spiro atoms. The second-order valence-electron chi connectivity index (χ2n) is 3.24. The van der Waals surface area contributed by atoms with E-state index in [0.717, 1.165) is 0 Å². The predicted molar refractivity (Wildman–Crippen MR) is 62.3 cm³/mol. The lowest BCUT2D eigenvalue weighted by Crippen LogP contribution is -2.32. The van der Waals surface area contributed by atoms with Gasteiger partial charge in [-0.15, -0.1) is 0 Å². The summed E-state index contributed by atoms with van der Waals surface area (Å²) in [5, 5.41) is 14.2. The number of nitriles is 1. The van der Waals surface area contributed by atoms with Gasteiger partial charge < -0.3 is 15.4 Å². The maximum atomic E-state index is 11.3. The minimum atomic E-state index is -0.147. The smallest absolute Gasteiger partial charge is 0.239 e. The standard InChI is InChI=1S/C11H14N4O2/c1-17-5-4-14-11(16)8-15-10-6-9(7-12)2-3-13-10/h2-3,6H,4-5,8H2,1H3,(H,13,15)(H,14,16). The number of pyridine rings is 1. The van der Waals surface area contributed by atoms with Crippen molar-refractivity contribution < 1.29 is 9.53 Å². The number of nitrogens with one attached hydrogen (secondary N) is 2. The van der Waals surface area contributed by atoms with Crippen LogP contribution in [0.4, 0.5) is 5.82 Å². The van der Waals surface area contributed by atoms with Crippen LogP contribution in [0.25, 0.3) is 0 Å². The monoisotopic (exact) mass is 234 g/mol. The van der Waals surface area contributed by atoms with Gasteiger partial charge in [0.15, 0.2) is 0 Å². The third-order valence-corrected chi connectivity index (χ3v) is 1.95. The number of hydrogen-bond donors (Lipinski definition) is 2. The van der Waals surface area contributed by atoms with Crippen molar-refractivity contribution in [3.63, 3.8) is 0 Å². The van der Waals surface area contributed by atoms with Crippen molar-refractivity contribution >= 4 is 11.7 Å². The normalized spacial score (nSPS) is 9.41. The first kappa shape index (κ1) is 12.9. The number of ether oxygens (including phenoxy) is 1. The number of rotatable bonds is 6. The van der Waals surface area contributed by atoms with Crippen LogP contribution >= 0.6 is 0 Å². The van der Waals surface area contributed by atoms with E-state index in [1.165, 1.54) is 6.20 Å². The topological polar surface area (TPSA) is 87.0 Å². The zero-order valence-electron chi connectivity index (χ0n) is 9.56. The lowest BCUT2D eigenvalue weighted by molar-refractivity contribution is -0.119. The molecule has 0 saturated heterocycles. The number of carbonyl (C=O) groups is 1. The Morgan fingerprint density at radius 1 is 1.65 bits per heavy atom. The first-order chi connectivity index (χ1) is 8.26. The van der Waals surface area contributed by atoms with E-state index in [1.54, 1.807) is 19.2 Å². The molecule has 2 N–H and O–H groups in total. The molecule has 0 radical (unpaired) electrons. The first-order valence-electron chi connectivity index (χ1n) is 5.12. The second-order valence-corrected chi connectivity index (χ2v) is 3.24. The Morgan fingerprint density at radius 2 is 2.47 bits per heavy atom. The summed E-state index contributed by atoms with van der Waals surface area (Å²) < 4.78 is 4.80. The van der Waals surface area contributed by atoms with Crippen LogP contribution in [0.1, 0.15) is 5.56 Å². The van der Waals surface area contributed by atoms with Crippen molar-refractivity contribution in [2.75, 3.05) is 32.1 Å². The van der Waals surface area contributed by atoms with Crippen LogP contribution in [0.15, 0.2) is 18.3 Å². The van der Waals surface area contributed by atoms with E-state index in [-0.39, 0.29) is 12.5 Å². The molecule has 1 aromatic rings. The molecule has 0 aliphatic carbocycles. The van der Waals surface area contributed by atoms with E-state index >= 15 is 0 Å². The predicted octanol–water partition coefficient (Wildman–Crippen LogP) is 0.128. The van der Waals surface area contributed by atoms with Gasteiger partial charge in [-0.25, -0.2) is 4.98 Å². The molecule has 0 aromatic carbocycles. The van der Waals surface area contributed by atoms with E-state index < -0.39 is 0 Å². The number of amides is 1. The Bertz CT molecular complexity index is 414. The summed E-state index contributed by atoms with van der Waals surface area (Å²) in [6.45, 7) is 1.07. The van der Waals surface area contributed by atoms with E-state index in [9.17, 15) is 4.79 Å². The molecule has 17 heavy (non-hydrogen) atoms. The van der Waals surface area contributed by atoms with Gasteiger partial charge >= 0.3 is 0 Å². The number of aromatic nitrogens is 1. The lowest BCUT2D eigenvalue weighted by atomic mass is 10.3. The van der Waals surface area contributed by atoms with Crippen LogP contribution in [0.3, 0.4) is 0 Å². The molecular weight excluding hydrogens is 220 g/mol. The van der Waals surface area contributed by atoms with Crippen LogP contribution in [0, 0.1) is 11.3 Å². The average molecular weight is 234 g/mol. The average Bonchev–Trinajstić information content (AvgIpc) is 2.37. The highest BCUT2D eigenvalue weighted by Gasteiger charge is 2.01. The molecule has 0 saturated carbocycles. The SMILES string of the molecule is COCCNC(=O)CNc1cc(C#N)ccn1. The molecule has 0 bridgehead atoms. The lowest BCUT2D eigenvalue weighted by Gasteiger charge is -2.06. The molecule has 6 heteroatoms. The number of hydrogen-bond acceptors (Lipinski definition) is 5. The van der Waals surface area contributed by atoms with Crippen molar-refractivity contribution in [1.29, 1.82) is 5.26 Å². The maximum absolute atomic E-state index is 11.3. The Kier molecular flexibility index (Phi) is 5.47. The highest BCUT2D eigenvalue weighted by Crippen LogP contribution is 2.04. The van der Waals surface area contributed by atoms with Crippen molar-refractivity contribution in [2.45, 2.75) is 0 Å². The Balaban J connectivity index is 2.34. The maximum Gasteiger partial charge on any atom is 0.239 e. The Hall–Kier alpha value is -2.13. The highest BCUT2D eigenvalue weighted by atomic mass is 16.5. The van der Waals surface area contributed by atoms with Crippen LogP contribution < -0.4 is 10.6 Å². The molecular formula is C11H14N4O2. The first-order valence-corrected chi connectivity index (χ1v) is 5.12. The summed E-state index contributed by atoms with van der Waals surface area (Å²) in [6.07, 6.45) is 1.52. The summed E-state index contributed by atoms with van der Waals surface area (Å²) in [6, 6.07) is 5.19. The highest BCUT2D eigenvalue weighted by molar-refractivity contribution is 5.80. The fourth-order valence-electron chi connectivity index (χ4n) is 1.12. The van der Waals surface area contributed by atoms with Crippen molar-refractivity contribution in [1.82, 2.24) is 10.3 Å². The van der Waals surface area contributed by atoms with Gasteiger partial charge in [-0.1, -0.05) is 0 Å². The zero-order chi connectivity index (χ0) is 12.5. The molecule has 0 aliphatic rings. The van der Waals surface area contributed by atoms with Crippen LogP contribution in [0.5, 0.6) is 0 Å². The summed E-state index contributed by atoms with van der Waals surface area (Å²) in [7, 11) is 1.57. The fourth-order valence-corrected chi connectivity index (χ4v) is 1.12. The van der Waals surface area contributed by atoms with Gasteiger partial charge in [0.05, 0.1) is 24.8 Å². The van der Waals surface area contributed by atoms with Gasteiger partial charge in [0.25, 0.3) is 0 Å². The van der Waals surface area contributed by atoms with Gasteiger partial charge in [0.1, 0.15) is 5.82 Å². The van der Waals surface area contributed by atoms with Gasteiger partial charge in [-0.2, -0.15) is 5.26 Å². The number of nitrogens with zero attached hydrogens (tertiary/aromatic N) is 2. The molecule has 0 aliphatic heterocycles. The molecule has 0 atom stereocenters. The summed E-state index contributed by atoms with van der Waals surface area (Å²) in [5.41, 5.74) is 0.502. The number of carbonyl (C=O) groups excluding carboxylic acids is 1. The molecule has 1 amide bonds. The van der Waals surface area contributed by atoms with Crippen LogP contribution in [-0.4, -0.2) is 37.7 Å². The molecule has 0 fully saturated rings. The number of anilines is 1. The largest absolute Gasteiger partial charge is 0.383 e. The van der Waals surface area contributed by atoms with Gasteiger partial charge in [-0.05, 0) is 12.1 Å². The van der Waals surface area contributed by atoms with Crippen molar-refractivity contribution in [3.05, 3.63) is 23.9 Å². The van der Waals surface area contributed by atoms with Gasteiger partial charge in [0, 0.05) is 19.9 Å². The molecule has 0 unspecified atom stereocenters. The van der Waals surface area contributed by atoms with Crippen molar-refractivity contribution in [3.8, 4) is 6.07 Å². The summed E-state index contributed by atoms with van der Waals surface area (Å²) in [4.78, 5) is 15.3. The molecule has 6 nitrogen and oxygen atoms in total. The molecule has 1 rings (SSSR count). The molecule has 1 heterocycles. The van der Waals surface area contributed by atoms with E-state index in [0.29, 0.717) is 24.5 Å². The third-order valence-electron chi connectivity index (χ3n) is 1.95. The van der Waals surface area contributed by atoms with E-state index in [2.05, 4.69) is 15.6 Å². The zero-order valence-corrected chi connectivity index (χ0v) is 9.56. The fraction of sp³-hybridized carbons (Fsp3) is 0.364. The van der Waals surface area contributed by atoms with E-state index in [4.69, 9.17) is 10.00 Å². The minimum absolute atomic E-state index is 0.117. The Labute approximate surface area is 99.6 Å². The Morgan fingerprint density at radius 3 is 3.18 bits per heavy atom. The molecule has 90 valence electrons. The van der Waals surface area contributed by atoms with Gasteiger partial charge in [-0.3, -0.25) is 4.79 Å². The third kappa shape index (κ3) is 4.95. The molecule has 1 aromatic heterocycles. The number of methoxy groups -OCH3 is 1. The van der Waals surface area contributed by atoms with E-state index in [1.807, 2.05) is 6.07 Å². The quantitative estimate of drug-likeness (QED) is 0.683.